The molecule has 1 aliphatic rings. The van der Waals surface area contributed by atoms with Crippen LogP contribution < -0.4 is 4.90 Å². The average molecular weight is 421 g/mol. The number of aryl methyl sites for hydroxylation is 1. The van der Waals surface area contributed by atoms with E-state index in [9.17, 15) is 4.79 Å². The van der Waals surface area contributed by atoms with Crippen molar-refractivity contribution in [1.82, 2.24) is 0 Å². The third kappa shape index (κ3) is 3.94. The van der Waals surface area contributed by atoms with Gasteiger partial charge >= 0.3 is 146 Å². The molecule has 1 aliphatic heterocycles. The Labute approximate surface area is 146 Å². The summed E-state index contributed by atoms with van der Waals surface area (Å²) in [6.45, 7) is 6.19. The molecule has 0 aromatic heterocycles. The maximum atomic E-state index is 11.4. The van der Waals surface area contributed by atoms with E-state index in [0.29, 0.717) is 0 Å². The first kappa shape index (κ1) is 16.5. The van der Waals surface area contributed by atoms with Crippen LogP contribution in [0.25, 0.3) is 0 Å². The molecule has 1 saturated heterocycles. The van der Waals surface area contributed by atoms with Crippen LogP contribution in [0.1, 0.15) is 29.3 Å². The molecule has 0 amide bonds. The number of nitrogens with zero attached hydrogens (tertiary/aromatic N) is 1. The summed E-state index contributed by atoms with van der Waals surface area (Å²) in [4.78, 5) is 14.0. The van der Waals surface area contributed by atoms with E-state index in [1.54, 1.807) is 6.92 Å². The Bertz CT molecular complexity index is 680. The van der Waals surface area contributed by atoms with Crippen LogP contribution in [0.2, 0.25) is 0 Å². The number of carbonyl (C=O) groups is 1. The Morgan fingerprint density at radius 3 is 2.43 bits per heavy atom. The molecule has 0 bridgehead atoms. The molecule has 23 heavy (non-hydrogen) atoms. The van der Waals surface area contributed by atoms with Crippen molar-refractivity contribution < 1.29 is 4.79 Å². The summed E-state index contributed by atoms with van der Waals surface area (Å²) in [5.41, 5.74) is 3.61. The van der Waals surface area contributed by atoms with E-state index in [1.807, 2.05) is 12.1 Å². The molecular weight excluding hydrogens is 397 g/mol. The fraction of sp³-hybridized carbons (Fsp3) is 0.350. The number of Topliss-reactive ketones (excluding diaryl/α,β-unsaturated/α-hetero) is 1. The zero-order chi connectivity index (χ0) is 16.2. The van der Waals surface area contributed by atoms with Gasteiger partial charge < -0.3 is 0 Å². The van der Waals surface area contributed by atoms with Gasteiger partial charge in [-0.25, -0.2) is 0 Å². The molecule has 0 N–H and O–H groups in total. The summed E-state index contributed by atoms with van der Waals surface area (Å²) in [5, 5.41) is 0. The fourth-order valence-corrected chi connectivity index (χ4v) is 8.65. The van der Waals surface area contributed by atoms with Crippen LogP contribution in [0.5, 0.6) is 0 Å². The van der Waals surface area contributed by atoms with Gasteiger partial charge in [0.25, 0.3) is 0 Å². The van der Waals surface area contributed by atoms with E-state index >= 15 is 0 Å². The monoisotopic (exact) mass is 421 g/mol. The summed E-state index contributed by atoms with van der Waals surface area (Å²) in [6.07, 6.45) is 1.29. The van der Waals surface area contributed by atoms with Crippen molar-refractivity contribution >= 4 is 31.3 Å². The number of hydrogen-bond donors (Lipinski definition) is 0. The third-order valence-electron chi connectivity index (χ3n) is 4.39. The molecule has 3 rings (SSSR count). The molecule has 2 nitrogen and oxygen atoms in total. The number of benzene rings is 2. The van der Waals surface area contributed by atoms with Gasteiger partial charge in [0.15, 0.2) is 0 Å². The van der Waals surface area contributed by atoms with Crippen LogP contribution in [0.4, 0.5) is 5.69 Å². The Morgan fingerprint density at radius 1 is 1.00 bits per heavy atom. The fourth-order valence-electron chi connectivity index (χ4n) is 3.06. The second kappa shape index (κ2) is 7.47. The molecule has 0 radical (unpaired) electrons. The van der Waals surface area contributed by atoms with Gasteiger partial charge in [0.2, 0.25) is 0 Å². The number of ketones is 1. The van der Waals surface area contributed by atoms with Crippen molar-refractivity contribution in [2.75, 3.05) is 26.8 Å². The average Bonchev–Trinajstić information content (AvgIpc) is 2.81. The summed E-state index contributed by atoms with van der Waals surface area (Å²) in [6, 6.07) is 17.2. The van der Waals surface area contributed by atoms with Gasteiger partial charge in [-0.3, -0.25) is 0 Å². The normalized spacial score (nSPS) is 17.0. The summed E-state index contributed by atoms with van der Waals surface area (Å²) < 4.78 is 4.24. The van der Waals surface area contributed by atoms with Gasteiger partial charge in [0.1, 0.15) is 0 Å². The standard InChI is InChI=1S/C20H24INO/c1-16-6-3-4-7-20(16)22-14-5-12-21(13-15-22)19-10-8-18(9-11-19)17(2)23/h3-4,6-11H,5,12-15H2,1-2H3. The van der Waals surface area contributed by atoms with Gasteiger partial charge in [-0.1, -0.05) is 0 Å². The number of anilines is 1. The van der Waals surface area contributed by atoms with Crippen LogP contribution in [-0.2, 0) is 0 Å². The number of alkyl halides is 2. The topological polar surface area (TPSA) is 20.3 Å². The molecule has 0 saturated carbocycles. The first-order valence-corrected chi connectivity index (χ1v) is 12.3. The summed E-state index contributed by atoms with van der Waals surface area (Å²) in [5.74, 6) is 0.159. The number of para-hydroxylation sites is 1. The van der Waals surface area contributed by atoms with E-state index in [4.69, 9.17) is 0 Å². The van der Waals surface area contributed by atoms with Crippen molar-refractivity contribution in [1.29, 1.82) is 0 Å². The van der Waals surface area contributed by atoms with E-state index in [2.05, 4.69) is 48.2 Å². The zero-order valence-corrected chi connectivity index (χ0v) is 16.0. The van der Waals surface area contributed by atoms with E-state index < -0.39 is 19.8 Å². The Morgan fingerprint density at radius 2 is 1.74 bits per heavy atom. The molecule has 0 aliphatic carbocycles. The zero-order valence-electron chi connectivity index (χ0n) is 13.9. The summed E-state index contributed by atoms with van der Waals surface area (Å²) in [7, 11) is 0. The number of halogens is 1. The van der Waals surface area contributed by atoms with E-state index in [1.165, 1.54) is 43.2 Å². The molecule has 0 unspecified atom stereocenters. The van der Waals surface area contributed by atoms with Crippen molar-refractivity contribution in [3.8, 4) is 0 Å². The summed E-state index contributed by atoms with van der Waals surface area (Å²) >= 11 is -1.11. The van der Waals surface area contributed by atoms with E-state index in [-0.39, 0.29) is 5.78 Å². The van der Waals surface area contributed by atoms with Crippen LogP contribution >= 0.6 is 19.8 Å². The first-order valence-electron chi connectivity index (χ1n) is 8.18. The van der Waals surface area contributed by atoms with Gasteiger partial charge in [-0.15, -0.1) is 0 Å². The predicted octanol–water partition coefficient (Wildman–Crippen LogP) is 4.78. The predicted molar refractivity (Wildman–Crippen MR) is 107 cm³/mol. The number of hydrogen-bond acceptors (Lipinski definition) is 2. The molecule has 1 heterocycles. The second-order valence-corrected chi connectivity index (χ2v) is 12.0. The number of carbonyl (C=O) groups excluding carboxylic acids is 1. The SMILES string of the molecule is CC(=O)c1ccc(I2CCCN(c3ccccc3C)CC2)cc1. The van der Waals surface area contributed by atoms with Crippen LogP contribution in [0.3, 0.4) is 0 Å². The van der Waals surface area contributed by atoms with Crippen molar-refractivity contribution in [3.63, 3.8) is 0 Å². The molecule has 2 aromatic rings. The van der Waals surface area contributed by atoms with Crippen molar-refractivity contribution in [2.24, 2.45) is 0 Å². The molecule has 122 valence electrons. The van der Waals surface area contributed by atoms with E-state index in [0.717, 1.165) is 5.56 Å². The Balaban J connectivity index is 1.71. The van der Waals surface area contributed by atoms with Crippen molar-refractivity contribution in [2.45, 2.75) is 20.3 Å². The van der Waals surface area contributed by atoms with Gasteiger partial charge in [0, 0.05) is 0 Å². The third-order valence-corrected chi connectivity index (χ3v) is 10.7. The molecule has 2 aromatic carbocycles. The molecule has 0 atom stereocenters. The van der Waals surface area contributed by atoms with Crippen LogP contribution in [0, 0.1) is 10.5 Å². The number of rotatable bonds is 3. The molecular formula is C20H24INO. The maximum absolute atomic E-state index is 11.4. The van der Waals surface area contributed by atoms with Crippen LogP contribution in [0.15, 0.2) is 48.5 Å². The second-order valence-electron chi connectivity index (χ2n) is 6.02. The van der Waals surface area contributed by atoms with Crippen molar-refractivity contribution in [3.05, 3.63) is 63.2 Å². The first-order chi connectivity index (χ1) is 11.1. The minimum atomic E-state index is -1.11. The van der Waals surface area contributed by atoms with Gasteiger partial charge in [-0.2, -0.15) is 0 Å². The van der Waals surface area contributed by atoms with Gasteiger partial charge in [0.05, 0.1) is 0 Å². The van der Waals surface area contributed by atoms with Gasteiger partial charge in [-0.05, 0) is 0 Å². The Kier molecular flexibility index (Phi) is 5.36. The molecule has 3 heteroatoms. The minimum absolute atomic E-state index is 0.159. The molecule has 0 spiro atoms. The quantitative estimate of drug-likeness (QED) is 0.404. The Hall–Kier alpha value is -1.36. The molecule has 1 fully saturated rings. The van der Waals surface area contributed by atoms with Crippen LogP contribution in [-0.4, -0.2) is 27.7 Å².